The van der Waals surface area contributed by atoms with E-state index in [4.69, 9.17) is 9.53 Å². The zero-order valence-corrected chi connectivity index (χ0v) is 15.0. The van der Waals surface area contributed by atoms with Gasteiger partial charge in [0.2, 0.25) is 0 Å². The zero-order chi connectivity index (χ0) is 15.2. The van der Waals surface area contributed by atoms with Gasteiger partial charge in [-0.25, -0.2) is 0 Å². The lowest BCUT2D eigenvalue weighted by molar-refractivity contribution is 0.108. The standard InChI is InChI=1S/C16H34O2Si/c1-8-9-10-12-16(5,13-11-14-17)18-19(6,7)15(2,3)4/h11,13,17H,8-10,12,14H2,1-7H3. The fraction of sp³-hybridized carbons (Fsp3) is 0.875. The van der Waals surface area contributed by atoms with Gasteiger partial charge in [0, 0.05) is 0 Å². The smallest absolute Gasteiger partial charge is 0.193 e. The Morgan fingerprint density at radius 1 is 1.11 bits per heavy atom. The van der Waals surface area contributed by atoms with E-state index in [0.29, 0.717) is 0 Å². The van der Waals surface area contributed by atoms with Gasteiger partial charge in [-0.15, -0.1) is 0 Å². The summed E-state index contributed by atoms with van der Waals surface area (Å²) in [6, 6.07) is 0. The molecule has 1 atom stereocenters. The summed E-state index contributed by atoms with van der Waals surface area (Å²) in [6.45, 7) is 15.8. The van der Waals surface area contributed by atoms with Crippen LogP contribution < -0.4 is 0 Å². The Hall–Kier alpha value is -0.123. The SMILES string of the molecule is CCCCCC(C)(C=CCO)O[Si](C)(C)C(C)(C)C. The maximum atomic E-state index is 9.03. The molecule has 19 heavy (non-hydrogen) atoms. The highest BCUT2D eigenvalue weighted by atomic mass is 28.4. The number of hydrogen-bond donors (Lipinski definition) is 1. The molecular weight excluding hydrogens is 252 g/mol. The maximum Gasteiger partial charge on any atom is 0.193 e. The van der Waals surface area contributed by atoms with E-state index in [1.165, 1.54) is 19.3 Å². The topological polar surface area (TPSA) is 29.5 Å². The summed E-state index contributed by atoms with van der Waals surface area (Å²) in [7, 11) is -1.78. The van der Waals surface area contributed by atoms with E-state index in [1.54, 1.807) is 0 Å². The van der Waals surface area contributed by atoms with Crippen molar-refractivity contribution in [1.82, 2.24) is 0 Å². The fourth-order valence-electron chi connectivity index (χ4n) is 1.93. The van der Waals surface area contributed by atoms with E-state index < -0.39 is 8.32 Å². The first-order valence-electron chi connectivity index (χ1n) is 7.57. The lowest BCUT2D eigenvalue weighted by atomic mass is 9.98. The molecular formula is C16H34O2Si. The van der Waals surface area contributed by atoms with E-state index in [0.717, 1.165) is 6.42 Å². The third kappa shape index (κ3) is 6.73. The quantitative estimate of drug-likeness (QED) is 0.391. The second-order valence-corrected chi connectivity index (χ2v) is 11.9. The molecule has 2 nitrogen and oxygen atoms in total. The highest BCUT2D eigenvalue weighted by Gasteiger charge is 2.41. The van der Waals surface area contributed by atoms with Crippen LogP contribution in [0.5, 0.6) is 0 Å². The number of aliphatic hydroxyl groups is 1. The minimum atomic E-state index is -1.78. The van der Waals surface area contributed by atoms with Crippen molar-refractivity contribution in [1.29, 1.82) is 0 Å². The largest absolute Gasteiger partial charge is 0.408 e. The van der Waals surface area contributed by atoms with Crippen molar-refractivity contribution in [3.05, 3.63) is 12.2 Å². The summed E-state index contributed by atoms with van der Waals surface area (Å²) in [6.07, 6.45) is 8.55. The Morgan fingerprint density at radius 3 is 2.11 bits per heavy atom. The molecule has 0 saturated heterocycles. The van der Waals surface area contributed by atoms with Crippen LogP contribution >= 0.6 is 0 Å². The zero-order valence-electron chi connectivity index (χ0n) is 14.0. The first-order chi connectivity index (χ1) is 8.58. The minimum Gasteiger partial charge on any atom is -0.408 e. The highest BCUT2D eigenvalue weighted by molar-refractivity contribution is 6.74. The number of unbranched alkanes of at least 4 members (excludes halogenated alkanes) is 2. The molecule has 0 fully saturated rings. The summed E-state index contributed by atoms with van der Waals surface area (Å²) < 4.78 is 6.58. The van der Waals surface area contributed by atoms with Crippen molar-refractivity contribution in [2.75, 3.05) is 6.61 Å². The maximum absolute atomic E-state index is 9.03. The second-order valence-electron chi connectivity index (χ2n) is 7.22. The number of rotatable bonds is 8. The predicted molar refractivity (Wildman–Crippen MR) is 87.1 cm³/mol. The molecule has 0 spiro atoms. The lowest BCUT2D eigenvalue weighted by Crippen LogP contribution is -2.48. The van der Waals surface area contributed by atoms with Gasteiger partial charge in [-0.2, -0.15) is 0 Å². The van der Waals surface area contributed by atoms with Crippen molar-refractivity contribution in [3.8, 4) is 0 Å². The minimum absolute atomic E-state index is 0.0875. The Bertz CT molecular complexity index is 279. The molecule has 0 heterocycles. The van der Waals surface area contributed by atoms with Crippen LogP contribution in [0.4, 0.5) is 0 Å². The average Bonchev–Trinajstić information content (AvgIpc) is 2.24. The van der Waals surface area contributed by atoms with Gasteiger partial charge in [-0.3, -0.25) is 0 Å². The van der Waals surface area contributed by atoms with Crippen molar-refractivity contribution >= 4 is 8.32 Å². The molecule has 0 aliphatic heterocycles. The van der Waals surface area contributed by atoms with Crippen LogP contribution in [-0.4, -0.2) is 25.6 Å². The van der Waals surface area contributed by atoms with Gasteiger partial charge in [0.1, 0.15) is 0 Å². The molecule has 3 heteroatoms. The van der Waals surface area contributed by atoms with Crippen LogP contribution in [-0.2, 0) is 4.43 Å². The third-order valence-electron chi connectivity index (χ3n) is 4.15. The summed E-state index contributed by atoms with van der Waals surface area (Å²) in [5, 5.41) is 9.24. The van der Waals surface area contributed by atoms with Gasteiger partial charge in [0.15, 0.2) is 8.32 Å². The van der Waals surface area contributed by atoms with Crippen molar-refractivity contribution < 1.29 is 9.53 Å². The molecule has 0 bridgehead atoms. The van der Waals surface area contributed by atoms with Crippen LogP contribution in [0.15, 0.2) is 12.2 Å². The molecule has 0 saturated carbocycles. The van der Waals surface area contributed by atoms with E-state index in [2.05, 4.69) is 53.8 Å². The lowest BCUT2D eigenvalue weighted by Gasteiger charge is -2.43. The van der Waals surface area contributed by atoms with Crippen molar-refractivity contribution in [3.63, 3.8) is 0 Å². The predicted octanol–water partition coefficient (Wildman–Crippen LogP) is 4.90. The first kappa shape index (κ1) is 18.9. The normalized spacial score (nSPS) is 16.8. The van der Waals surface area contributed by atoms with E-state index >= 15 is 0 Å². The Balaban J connectivity index is 4.89. The molecule has 0 aliphatic carbocycles. The van der Waals surface area contributed by atoms with Crippen LogP contribution in [0.1, 0.15) is 60.3 Å². The summed E-state index contributed by atoms with van der Waals surface area (Å²) in [4.78, 5) is 0. The summed E-state index contributed by atoms with van der Waals surface area (Å²) >= 11 is 0. The molecule has 0 aromatic carbocycles. The van der Waals surface area contributed by atoms with Gasteiger partial charge in [0.05, 0.1) is 12.2 Å². The molecule has 1 N–H and O–H groups in total. The number of hydrogen-bond acceptors (Lipinski definition) is 2. The monoisotopic (exact) mass is 286 g/mol. The Kier molecular flexibility index (Phi) is 7.55. The van der Waals surface area contributed by atoms with Gasteiger partial charge in [-0.05, 0) is 31.5 Å². The molecule has 0 aromatic heterocycles. The highest BCUT2D eigenvalue weighted by Crippen LogP contribution is 2.40. The van der Waals surface area contributed by atoms with Crippen molar-refractivity contribution in [2.24, 2.45) is 0 Å². The van der Waals surface area contributed by atoms with Gasteiger partial charge in [0.25, 0.3) is 0 Å². The Morgan fingerprint density at radius 2 is 1.68 bits per heavy atom. The van der Waals surface area contributed by atoms with E-state index in [9.17, 15) is 0 Å². The summed E-state index contributed by atoms with van der Waals surface area (Å²) in [5.74, 6) is 0. The second kappa shape index (κ2) is 7.60. The molecule has 0 radical (unpaired) electrons. The van der Waals surface area contributed by atoms with E-state index in [1.807, 2.05) is 6.08 Å². The Labute approximate surface area is 121 Å². The summed E-state index contributed by atoms with van der Waals surface area (Å²) in [5.41, 5.74) is -0.235. The van der Waals surface area contributed by atoms with Crippen LogP contribution in [0.3, 0.4) is 0 Å². The fourth-order valence-corrected chi connectivity index (χ4v) is 3.57. The molecule has 0 aliphatic rings. The van der Waals surface area contributed by atoms with Crippen molar-refractivity contribution in [2.45, 2.75) is 84.0 Å². The molecule has 1 unspecified atom stereocenters. The van der Waals surface area contributed by atoms with Crippen LogP contribution in [0, 0.1) is 0 Å². The van der Waals surface area contributed by atoms with Gasteiger partial charge >= 0.3 is 0 Å². The molecule has 114 valence electrons. The van der Waals surface area contributed by atoms with Gasteiger partial charge < -0.3 is 9.53 Å². The van der Waals surface area contributed by atoms with Gasteiger partial charge in [-0.1, -0.05) is 59.1 Å². The van der Waals surface area contributed by atoms with E-state index in [-0.39, 0.29) is 17.2 Å². The van der Waals surface area contributed by atoms with Crippen LogP contribution in [0.2, 0.25) is 18.1 Å². The average molecular weight is 287 g/mol. The third-order valence-corrected chi connectivity index (χ3v) is 8.74. The molecule has 0 aromatic rings. The molecule has 0 rings (SSSR count). The molecule has 0 amide bonds. The first-order valence-corrected chi connectivity index (χ1v) is 10.5. The number of aliphatic hydroxyl groups excluding tert-OH is 1. The van der Waals surface area contributed by atoms with Crippen LogP contribution in [0.25, 0.3) is 0 Å².